The molecule has 0 saturated carbocycles. The number of rotatable bonds is 4. The third-order valence-electron chi connectivity index (χ3n) is 6.55. The number of pyridine rings is 2. The minimum atomic E-state index is -0.258. The summed E-state index contributed by atoms with van der Waals surface area (Å²) in [6.07, 6.45) is 15.8. The number of amides is 1. The van der Waals surface area contributed by atoms with Crippen molar-refractivity contribution in [1.29, 1.82) is 5.26 Å². The number of hydrogen-bond donors (Lipinski definition) is 1. The largest absolute Gasteiger partial charge is 0.365 e. The van der Waals surface area contributed by atoms with Crippen LogP contribution in [0.3, 0.4) is 0 Å². The van der Waals surface area contributed by atoms with E-state index in [0.717, 1.165) is 46.4 Å². The fraction of sp³-hybridized carbons (Fsp3) is 0.269. The fourth-order valence-electron chi connectivity index (χ4n) is 4.51. The van der Waals surface area contributed by atoms with Gasteiger partial charge >= 0.3 is 0 Å². The van der Waals surface area contributed by atoms with Gasteiger partial charge in [0.2, 0.25) is 0 Å². The summed E-state index contributed by atoms with van der Waals surface area (Å²) in [5.74, 6) is 2.68. The standard InChI is InChI=1S/C26H24N8O/c1-4-24(35)33-9-7-26(2,8-10-33)31-23-6-5-18(13-28-23)22-11-19(21-15-29-32(3)16-21)17-34-25(22)20(12-27)14-30-34/h1,5-6,11,13-17H,7-10H2,2-3H3,(H,28,31). The van der Waals surface area contributed by atoms with Gasteiger partial charge < -0.3 is 10.2 Å². The van der Waals surface area contributed by atoms with Crippen molar-refractivity contribution in [3.8, 4) is 40.7 Å². The molecule has 0 aromatic carbocycles. The molecule has 9 nitrogen and oxygen atoms in total. The first-order valence-corrected chi connectivity index (χ1v) is 11.3. The van der Waals surface area contributed by atoms with Gasteiger partial charge in [-0.3, -0.25) is 9.48 Å². The quantitative estimate of drug-likeness (QED) is 0.466. The van der Waals surface area contributed by atoms with Crippen LogP contribution in [0.4, 0.5) is 5.82 Å². The van der Waals surface area contributed by atoms with E-state index in [1.54, 1.807) is 32.7 Å². The van der Waals surface area contributed by atoms with Crippen molar-refractivity contribution < 1.29 is 4.79 Å². The second kappa shape index (κ2) is 8.62. The zero-order chi connectivity index (χ0) is 24.6. The molecular formula is C26H24N8O. The van der Waals surface area contributed by atoms with Gasteiger partial charge in [0.1, 0.15) is 11.9 Å². The Morgan fingerprint density at radius 1 is 1.11 bits per heavy atom. The van der Waals surface area contributed by atoms with Gasteiger partial charge in [-0.15, -0.1) is 6.42 Å². The van der Waals surface area contributed by atoms with E-state index in [4.69, 9.17) is 6.42 Å². The van der Waals surface area contributed by atoms with E-state index < -0.39 is 0 Å². The van der Waals surface area contributed by atoms with Gasteiger partial charge in [-0.05, 0) is 43.9 Å². The Kier molecular flexibility index (Phi) is 5.46. The molecule has 4 aromatic heterocycles. The van der Waals surface area contributed by atoms with E-state index >= 15 is 0 Å². The summed E-state index contributed by atoms with van der Waals surface area (Å²) in [5, 5.41) is 21.8. The van der Waals surface area contributed by atoms with Crippen molar-refractivity contribution >= 4 is 17.2 Å². The second-order valence-electron chi connectivity index (χ2n) is 9.06. The molecule has 1 aliphatic heterocycles. The van der Waals surface area contributed by atoms with Crippen LogP contribution < -0.4 is 5.32 Å². The molecule has 5 heterocycles. The highest BCUT2D eigenvalue weighted by molar-refractivity contribution is 5.93. The molecule has 1 fully saturated rings. The Bertz CT molecular complexity index is 1490. The highest BCUT2D eigenvalue weighted by atomic mass is 16.2. The summed E-state index contributed by atoms with van der Waals surface area (Å²) in [7, 11) is 1.87. The molecular weight excluding hydrogens is 440 g/mol. The molecule has 0 aliphatic carbocycles. The Hall–Kier alpha value is -4.63. The van der Waals surface area contributed by atoms with Crippen LogP contribution >= 0.6 is 0 Å². The first-order valence-electron chi connectivity index (χ1n) is 11.3. The van der Waals surface area contributed by atoms with Crippen LogP contribution in [0.2, 0.25) is 0 Å². The zero-order valence-corrected chi connectivity index (χ0v) is 19.6. The lowest BCUT2D eigenvalue weighted by molar-refractivity contribution is -0.126. The molecule has 0 radical (unpaired) electrons. The molecule has 5 rings (SSSR count). The van der Waals surface area contributed by atoms with Crippen LogP contribution in [0, 0.1) is 23.7 Å². The third-order valence-corrected chi connectivity index (χ3v) is 6.55. The molecule has 0 spiro atoms. The second-order valence-corrected chi connectivity index (χ2v) is 9.06. The lowest BCUT2D eigenvalue weighted by atomic mass is 9.89. The maximum absolute atomic E-state index is 11.8. The van der Waals surface area contributed by atoms with Crippen molar-refractivity contribution in [2.24, 2.45) is 7.05 Å². The topological polar surface area (TPSA) is 104 Å². The number of nitriles is 1. The maximum Gasteiger partial charge on any atom is 0.298 e. The number of likely N-dealkylation sites (tertiary alicyclic amines) is 1. The molecule has 174 valence electrons. The number of aromatic nitrogens is 5. The van der Waals surface area contributed by atoms with Crippen LogP contribution in [-0.2, 0) is 11.8 Å². The number of fused-ring (bicyclic) bond motifs is 1. The molecule has 9 heteroatoms. The predicted molar refractivity (Wildman–Crippen MR) is 132 cm³/mol. The number of terminal acetylenes is 1. The Morgan fingerprint density at radius 3 is 2.54 bits per heavy atom. The first kappa shape index (κ1) is 22.2. The molecule has 0 bridgehead atoms. The van der Waals surface area contributed by atoms with Crippen molar-refractivity contribution in [1.82, 2.24) is 29.3 Å². The number of nitrogens with one attached hydrogen (secondary N) is 1. The zero-order valence-electron chi connectivity index (χ0n) is 19.6. The van der Waals surface area contributed by atoms with Gasteiger partial charge in [0.15, 0.2) is 0 Å². The fourth-order valence-corrected chi connectivity index (χ4v) is 4.51. The first-order chi connectivity index (χ1) is 16.9. The SMILES string of the molecule is C#CC(=O)N1CCC(C)(Nc2ccc(-c3cc(-c4cnn(C)c4)cn4ncc(C#N)c34)cn2)CC1. The molecule has 1 saturated heterocycles. The molecule has 35 heavy (non-hydrogen) atoms. The number of aryl methyl sites for hydroxylation is 1. The molecule has 4 aromatic rings. The number of anilines is 1. The maximum atomic E-state index is 11.8. The van der Waals surface area contributed by atoms with Gasteiger partial charge in [0.25, 0.3) is 5.91 Å². The molecule has 1 aliphatic rings. The van der Waals surface area contributed by atoms with Crippen molar-refractivity contribution in [2.75, 3.05) is 18.4 Å². The third kappa shape index (κ3) is 4.20. The van der Waals surface area contributed by atoms with Gasteiger partial charge in [-0.1, -0.05) is 0 Å². The highest BCUT2D eigenvalue weighted by Gasteiger charge is 2.31. The van der Waals surface area contributed by atoms with E-state index in [2.05, 4.69) is 39.4 Å². The Labute approximate surface area is 203 Å². The van der Waals surface area contributed by atoms with E-state index in [1.165, 1.54) is 0 Å². The Morgan fingerprint density at radius 2 is 1.91 bits per heavy atom. The number of carbonyl (C=O) groups is 1. The van der Waals surface area contributed by atoms with Crippen LogP contribution in [0.1, 0.15) is 25.3 Å². The Balaban J connectivity index is 1.44. The van der Waals surface area contributed by atoms with Crippen molar-refractivity contribution in [3.05, 3.63) is 54.7 Å². The average molecular weight is 465 g/mol. The van der Waals surface area contributed by atoms with Crippen LogP contribution in [0.5, 0.6) is 0 Å². The summed E-state index contributed by atoms with van der Waals surface area (Å²) >= 11 is 0. The summed E-state index contributed by atoms with van der Waals surface area (Å²) in [5.41, 5.74) is 4.69. The van der Waals surface area contributed by atoms with Crippen molar-refractivity contribution in [3.63, 3.8) is 0 Å². The van der Waals surface area contributed by atoms with Gasteiger partial charge in [0, 0.05) is 66.5 Å². The lowest BCUT2D eigenvalue weighted by Gasteiger charge is -2.39. The van der Waals surface area contributed by atoms with E-state index in [9.17, 15) is 10.1 Å². The average Bonchev–Trinajstić information content (AvgIpc) is 3.49. The van der Waals surface area contributed by atoms with Gasteiger partial charge in [-0.25, -0.2) is 9.50 Å². The van der Waals surface area contributed by atoms with E-state index in [-0.39, 0.29) is 11.4 Å². The molecule has 0 unspecified atom stereocenters. The number of piperidine rings is 1. The normalized spacial score (nSPS) is 14.9. The summed E-state index contributed by atoms with van der Waals surface area (Å²) in [4.78, 5) is 18.1. The van der Waals surface area contributed by atoms with E-state index in [1.807, 2.05) is 37.6 Å². The van der Waals surface area contributed by atoms with Gasteiger partial charge in [0.05, 0.1) is 23.5 Å². The smallest absolute Gasteiger partial charge is 0.298 e. The minimum absolute atomic E-state index is 0.188. The number of nitrogens with zero attached hydrogens (tertiary/aromatic N) is 7. The highest BCUT2D eigenvalue weighted by Crippen LogP contribution is 2.33. The molecule has 1 N–H and O–H groups in total. The summed E-state index contributed by atoms with van der Waals surface area (Å²) in [6.45, 7) is 3.36. The van der Waals surface area contributed by atoms with Crippen LogP contribution in [0.25, 0.3) is 27.8 Å². The molecule has 1 amide bonds. The van der Waals surface area contributed by atoms with Crippen LogP contribution in [-0.4, -0.2) is 53.8 Å². The molecule has 0 atom stereocenters. The number of hydrogen-bond acceptors (Lipinski definition) is 6. The minimum Gasteiger partial charge on any atom is -0.365 e. The summed E-state index contributed by atoms with van der Waals surface area (Å²) in [6, 6.07) is 8.21. The monoisotopic (exact) mass is 464 g/mol. The van der Waals surface area contributed by atoms with Crippen molar-refractivity contribution in [2.45, 2.75) is 25.3 Å². The number of carbonyl (C=O) groups excluding carboxylic acids is 1. The summed E-state index contributed by atoms with van der Waals surface area (Å²) < 4.78 is 3.48. The predicted octanol–water partition coefficient (Wildman–Crippen LogP) is 3.09. The van der Waals surface area contributed by atoms with Crippen LogP contribution in [0.15, 0.2) is 49.2 Å². The lowest BCUT2D eigenvalue weighted by Crippen LogP contribution is -2.48. The van der Waals surface area contributed by atoms with Gasteiger partial charge in [-0.2, -0.15) is 15.5 Å². The van der Waals surface area contributed by atoms with E-state index in [0.29, 0.717) is 18.7 Å².